The normalized spacial score (nSPS) is 16.8. The van der Waals surface area contributed by atoms with Gasteiger partial charge in [-0.15, -0.1) is 0 Å². The fourth-order valence-corrected chi connectivity index (χ4v) is 2.21. The molecule has 1 atom stereocenters. The first kappa shape index (κ1) is 10.6. The molecule has 0 saturated carbocycles. The number of anilines is 1. The molecule has 0 bridgehead atoms. The van der Waals surface area contributed by atoms with Gasteiger partial charge >= 0.3 is 0 Å². The monoisotopic (exact) mass is 242 g/mol. The minimum atomic E-state index is -0.255. The van der Waals surface area contributed by atoms with E-state index in [1.807, 2.05) is 17.6 Å². The third kappa shape index (κ3) is 1.29. The predicted molar refractivity (Wildman–Crippen MR) is 65.1 cm³/mol. The summed E-state index contributed by atoms with van der Waals surface area (Å²) in [5.74, 6) is 0. The molecule has 1 aliphatic heterocycles. The molecule has 3 rings (SSSR count). The quantitative estimate of drug-likeness (QED) is 0.473. The first-order valence-corrected chi connectivity index (χ1v) is 5.43. The standard InChI is InChI=1S/C11H10N6O/c1-7-10-5-13-6-16(10)9-4-2-3-8(14-15-12)11(9)17(7)18/h2-7,18H,1H3. The number of fused-ring (bicyclic) bond motifs is 3. The SMILES string of the molecule is CC1c2cncn2-c2cccc(N=[N+]=[N-])c2N1O. The molecule has 90 valence electrons. The van der Waals surface area contributed by atoms with E-state index in [0.29, 0.717) is 11.4 Å². The molecule has 1 aromatic heterocycles. The van der Waals surface area contributed by atoms with Crippen LogP contribution in [0, 0.1) is 0 Å². The lowest BCUT2D eigenvalue weighted by Gasteiger charge is -2.33. The van der Waals surface area contributed by atoms with Gasteiger partial charge in [-0.25, -0.2) is 10.0 Å². The van der Waals surface area contributed by atoms with Crippen LogP contribution in [-0.4, -0.2) is 14.8 Å². The number of hydrogen-bond acceptors (Lipinski definition) is 4. The second kappa shape index (κ2) is 3.76. The Labute approximate surface area is 102 Å². The summed E-state index contributed by atoms with van der Waals surface area (Å²) in [5.41, 5.74) is 11.1. The molecular weight excluding hydrogens is 232 g/mol. The van der Waals surface area contributed by atoms with Gasteiger partial charge in [0.1, 0.15) is 0 Å². The molecule has 1 N–H and O–H groups in total. The van der Waals surface area contributed by atoms with E-state index in [2.05, 4.69) is 15.0 Å². The van der Waals surface area contributed by atoms with Gasteiger partial charge in [-0.05, 0) is 18.5 Å². The van der Waals surface area contributed by atoms with Crippen LogP contribution in [0.3, 0.4) is 0 Å². The highest BCUT2D eigenvalue weighted by Gasteiger charge is 2.29. The molecule has 2 heterocycles. The Morgan fingerprint density at radius 2 is 2.33 bits per heavy atom. The first-order chi connectivity index (χ1) is 8.74. The average Bonchev–Trinajstić information content (AvgIpc) is 2.85. The largest absolute Gasteiger partial charge is 0.299 e. The Hall–Kier alpha value is -2.50. The molecule has 2 aromatic rings. The van der Waals surface area contributed by atoms with Crippen molar-refractivity contribution in [1.29, 1.82) is 0 Å². The summed E-state index contributed by atoms with van der Waals surface area (Å²) in [6.45, 7) is 1.85. The number of hydroxylamine groups is 1. The Morgan fingerprint density at radius 1 is 1.50 bits per heavy atom. The summed E-state index contributed by atoms with van der Waals surface area (Å²) in [6.07, 6.45) is 3.38. The van der Waals surface area contributed by atoms with E-state index in [9.17, 15) is 5.21 Å². The molecule has 1 aliphatic rings. The van der Waals surface area contributed by atoms with Crippen LogP contribution in [-0.2, 0) is 0 Å². The molecule has 0 aliphatic carbocycles. The summed E-state index contributed by atoms with van der Waals surface area (Å²) in [6, 6.07) is 5.02. The van der Waals surface area contributed by atoms with E-state index in [1.165, 1.54) is 0 Å². The maximum absolute atomic E-state index is 10.2. The maximum atomic E-state index is 10.2. The second-order valence-electron chi connectivity index (χ2n) is 4.04. The van der Waals surface area contributed by atoms with E-state index in [-0.39, 0.29) is 6.04 Å². The van der Waals surface area contributed by atoms with Crippen LogP contribution in [0.15, 0.2) is 35.8 Å². The number of rotatable bonds is 1. The van der Waals surface area contributed by atoms with E-state index in [0.717, 1.165) is 16.4 Å². The Kier molecular flexibility index (Phi) is 2.22. The van der Waals surface area contributed by atoms with Crippen molar-refractivity contribution in [2.24, 2.45) is 5.11 Å². The molecule has 0 saturated heterocycles. The van der Waals surface area contributed by atoms with Gasteiger partial charge in [-0.1, -0.05) is 17.2 Å². The first-order valence-electron chi connectivity index (χ1n) is 5.43. The highest BCUT2D eigenvalue weighted by molar-refractivity contribution is 5.78. The van der Waals surface area contributed by atoms with Crippen molar-refractivity contribution in [3.8, 4) is 5.69 Å². The molecule has 0 radical (unpaired) electrons. The van der Waals surface area contributed by atoms with Gasteiger partial charge in [0.25, 0.3) is 0 Å². The maximum Gasteiger partial charge on any atom is 0.0995 e. The molecular formula is C11H10N6O. The molecule has 0 amide bonds. The zero-order valence-corrected chi connectivity index (χ0v) is 9.59. The number of imidazole rings is 1. The van der Waals surface area contributed by atoms with Gasteiger partial charge in [-0.3, -0.25) is 9.77 Å². The summed E-state index contributed by atoms with van der Waals surface area (Å²) < 4.78 is 1.88. The number of azide groups is 1. The van der Waals surface area contributed by atoms with Crippen molar-refractivity contribution in [1.82, 2.24) is 9.55 Å². The van der Waals surface area contributed by atoms with Crippen molar-refractivity contribution < 1.29 is 5.21 Å². The molecule has 18 heavy (non-hydrogen) atoms. The van der Waals surface area contributed by atoms with Crippen molar-refractivity contribution in [3.05, 3.63) is 46.9 Å². The van der Waals surface area contributed by atoms with Crippen LogP contribution in [0.2, 0.25) is 0 Å². The van der Waals surface area contributed by atoms with Gasteiger partial charge < -0.3 is 0 Å². The summed E-state index contributed by atoms with van der Waals surface area (Å²) in [7, 11) is 0. The number of hydrogen-bond donors (Lipinski definition) is 1. The van der Waals surface area contributed by atoms with Crippen molar-refractivity contribution in [2.75, 3.05) is 5.06 Å². The lowest BCUT2D eigenvalue weighted by Crippen LogP contribution is -2.29. The molecule has 1 unspecified atom stereocenters. The van der Waals surface area contributed by atoms with Crippen molar-refractivity contribution in [3.63, 3.8) is 0 Å². The Morgan fingerprint density at radius 3 is 3.11 bits per heavy atom. The van der Waals surface area contributed by atoms with E-state index >= 15 is 0 Å². The van der Waals surface area contributed by atoms with Crippen molar-refractivity contribution >= 4 is 11.4 Å². The summed E-state index contributed by atoms with van der Waals surface area (Å²) in [5, 5.41) is 14.9. The van der Waals surface area contributed by atoms with Gasteiger partial charge in [0, 0.05) is 4.91 Å². The van der Waals surface area contributed by atoms with Gasteiger partial charge in [0.15, 0.2) is 0 Å². The van der Waals surface area contributed by atoms with Crippen LogP contribution < -0.4 is 5.06 Å². The fourth-order valence-electron chi connectivity index (χ4n) is 2.21. The van der Waals surface area contributed by atoms with E-state index in [4.69, 9.17) is 5.53 Å². The topological polar surface area (TPSA) is 90.0 Å². The highest BCUT2D eigenvalue weighted by Crippen LogP contribution is 2.42. The third-order valence-corrected chi connectivity index (χ3v) is 3.10. The lowest BCUT2D eigenvalue weighted by atomic mass is 10.1. The van der Waals surface area contributed by atoms with Gasteiger partial charge in [-0.2, -0.15) is 0 Å². The third-order valence-electron chi connectivity index (χ3n) is 3.10. The zero-order chi connectivity index (χ0) is 12.7. The number of aromatic nitrogens is 2. The molecule has 0 spiro atoms. The molecule has 7 nitrogen and oxygen atoms in total. The van der Waals surface area contributed by atoms with Gasteiger partial charge in [0.05, 0.1) is 41.3 Å². The molecule has 1 aromatic carbocycles. The van der Waals surface area contributed by atoms with Crippen LogP contribution in [0.1, 0.15) is 18.7 Å². The van der Waals surface area contributed by atoms with E-state index in [1.54, 1.807) is 24.7 Å². The van der Waals surface area contributed by atoms with E-state index < -0.39 is 0 Å². The zero-order valence-electron chi connectivity index (χ0n) is 9.59. The Bertz CT molecular complexity index is 657. The minimum absolute atomic E-state index is 0.255. The molecule has 0 fully saturated rings. The number of benzene rings is 1. The number of nitrogens with zero attached hydrogens (tertiary/aromatic N) is 6. The molecule has 7 heteroatoms. The number of para-hydroxylation sites is 1. The second-order valence-corrected chi connectivity index (χ2v) is 4.04. The van der Waals surface area contributed by atoms with Crippen LogP contribution in [0.5, 0.6) is 0 Å². The smallest absolute Gasteiger partial charge is 0.0995 e. The summed E-state index contributed by atoms with van der Waals surface area (Å²) >= 11 is 0. The Balaban J connectivity index is 2.34. The average molecular weight is 242 g/mol. The minimum Gasteiger partial charge on any atom is -0.299 e. The summed E-state index contributed by atoms with van der Waals surface area (Å²) in [4.78, 5) is 6.86. The van der Waals surface area contributed by atoms with Crippen molar-refractivity contribution in [2.45, 2.75) is 13.0 Å². The fraction of sp³-hybridized carbons (Fsp3) is 0.182. The van der Waals surface area contributed by atoms with Crippen LogP contribution in [0.25, 0.3) is 16.1 Å². The predicted octanol–water partition coefficient (Wildman–Crippen LogP) is 3.08. The lowest BCUT2D eigenvalue weighted by molar-refractivity contribution is 0.216. The van der Waals surface area contributed by atoms with Gasteiger partial charge in [0.2, 0.25) is 0 Å². The highest BCUT2D eigenvalue weighted by atomic mass is 16.5. The van der Waals surface area contributed by atoms with Crippen LogP contribution in [0.4, 0.5) is 11.4 Å². The van der Waals surface area contributed by atoms with Crippen LogP contribution >= 0.6 is 0 Å².